The number of nitrogens with zero attached hydrogens (tertiary/aromatic N) is 1. The van der Waals surface area contributed by atoms with Gasteiger partial charge < -0.3 is 10.0 Å². The lowest BCUT2D eigenvalue weighted by Gasteiger charge is -2.20. The largest absolute Gasteiger partial charge is 0.395 e. The molecule has 0 aliphatic carbocycles. The van der Waals surface area contributed by atoms with Gasteiger partial charge in [-0.15, -0.1) is 6.58 Å². The molecule has 0 aliphatic rings. The summed E-state index contributed by atoms with van der Waals surface area (Å²) in [5.74, 6) is 0.447. The van der Waals surface area contributed by atoms with Crippen LogP contribution in [0.4, 0.5) is 0 Å². The van der Waals surface area contributed by atoms with E-state index in [1.54, 1.807) is 11.0 Å². The van der Waals surface area contributed by atoms with Crippen molar-refractivity contribution in [2.75, 3.05) is 19.7 Å². The smallest absolute Gasteiger partial charge is 0.223 e. The summed E-state index contributed by atoms with van der Waals surface area (Å²) in [5.41, 5.74) is 0. The molecule has 0 aromatic rings. The second-order valence-electron chi connectivity index (χ2n) is 3.45. The van der Waals surface area contributed by atoms with E-state index >= 15 is 0 Å². The van der Waals surface area contributed by atoms with E-state index in [1.165, 1.54) is 0 Å². The highest BCUT2D eigenvalue weighted by Crippen LogP contribution is 2.03. The van der Waals surface area contributed by atoms with E-state index in [4.69, 9.17) is 5.11 Å². The molecule has 3 nitrogen and oxygen atoms in total. The average molecular weight is 185 g/mol. The topological polar surface area (TPSA) is 40.5 Å². The van der Waals surface area contributed by atoms with Crippen LogP contribution in [-0.4, -0.2) is 35.6 Å². The number of aliphatic hydroxyl groups excluding tert-OH is 1. The van der Waals surface area contributed by atoms with Crippen LogP contribution in [0.15, 0.2) is 12.7 Å². The first-order chi connectivity index (χ1) is 6.11. The predicted molar refractivity (Wildman–Crippen MR) is 53.3 cm³/mol. The van der Waals surface area contributed by atoms with E-state index < -0.39 is 0 Å². The summed E-state index contributed by atoms with van der Waals surface area (Å²) in [6.45, 7) is 8.51. The zero-order valence-corrected chi connectivity index (χ0v) is 8.49. The highest BCUT2D eigenvalue weighted by Gasteiger charge is 2.12. The van der Waals surface area contributed by atoms with Gasteiger partial charge in [-0.05, 0) is 5.92 Å². The average Bonchev–Trinajstić information content (AvgIpc) is 2.02. The Bertz CT molecular complexity index is 166. The number of hydrogen-bond acceptors (Lipinski definition) is 2. The minimum absolute atomic E-state index is 0.0116. The predicted octanol–water partition coefficient (Wildman–Crippen LogP) is 1.04. The number of aliphatic hydroxyl groups is 1. The van der Waals surface area contributed by atoms with E-state index in [0.717, 1.165) is 0 Å². The summed E-state index contributed by atoms with van der Waals surface area (Å²) >= 11 is 0. The normalized spacial score (nSPS) is 10.2. The van der Waals surface area contributed by atoms with Gasteiger partial charge in [0.25, 0.3) is 0 Å². The third-order valence-electron chi connectivity index (χ3n) is 1.65. The van der Waals surface area contributed by atoms with E-state index in [1.807, 2.05) is 13.8 Å². The Kier molecular flexibility index (Phi) is 6.24. The number of carbonyl (C=O) groups is 1. The molecule has 0 heterocycles. The number of carbonyl (C=O) groups excluding carboxylic acids is 1. The monoisotopic (exact) mass is 185 g/mol. The molecule has 0 saturated carbocycles. The molecule has 13 heavy (non-hydrogen) atoms. The van der Waals surface area contributed by atoms with Gasteiger partial charge in [0.05, 0.1) is 6.61 Å². The first kappa shape index (κ1) is 12.2. The van der Waals surface area contributed by atoms with Gasteiger partial charge >= 0.3 is 0 Å². The van der Waals surface area contributed by atoms with Crippen LogP contribution in [0.25, 0.3) is 0 Å². The maximum absolute atomic E-state index is 11.5. The van der Waals surface area contributed by atoms with Gasteiger partial charge in [-0.3, -0.25) is 4.79 Å². The maximum Gasteiger partial charge on any atom is 0.223 e. The van der Waals surface area contributed by atoms with Crippen LogP contribution >= 0.6 is 0 Å². The first-order valence-electron chi connectivity index (χ1n) is 4.61. The third-order valence-corrected chi connectivity index (χ3v) is 1.65. The minimum atomic E-state index is 0.0116. The molecule has 3 heteroatoms. The molecule has 0 aromatic heterocycles. The lowest BCUT2D eigenvalue weighted by Crippen LogP contribution is -2.34. The molecule has 0 bridgehead atoms. The SMILES string of the molecule is C=CCN(CCO)C(=O)CC(C)C. The Hall–Kier alpha value is -0.830. The van der Waals surface area contributed by atoms with Gasteiger partial charge in [0.2, 0.25) is 5.91 Å². The molecule has 0 rings (SSSR count). The molecule has 0 atom stereocenters. The first-order valence-corrected chi connectivity index (χ1v) is 4.61. The molecule has 0 unspecified atom stereocenters. The van der Waals surface area contributed by atoms with Crippen molar-refractivity contribution in [3.63, 3.8) is 0 Å². The fourth-order valence-electron chi connectivity index (χ4n) is 1.07. The molecule has 0 spiro atoms. The van der Waals surface area contributed by atoms with Gasteiger partial charge in [-0.25, -0.2) is 0 Å². The number of hydrogen-bond donors (Lipinski definition) is 1. The van der Waals surface area contributed by atoms with Crippen molar-refractivity contribution < 1.29 is 9.90 Å². The summed E-state index contributed by atoms with van der Waals surface area (Å²) in [7, 11) is 0. The Labute approximate surface area is 80.0 Å². The van der Waals surface area contributed by atoms with Crippen LogP contribution < -0.4 is 0 Å². The van der Waals surface area contributed by atoms with Crippen LogP contribution in [0.3, 0.4) is 0 Å². The molecule has 0 saturated heterocycles. The van der Waals surface area contributed by atoms with Crippen LogP contribution in [0.1, 0.15) is 20.3 Å². The van der Waals surface area contributed by atoms with Crippen LogP contribution in [-0.2, 0) is 4.79 Å². The van der Waals surface area contributed by atoms with E-state index in [2.05, 4.69) is 6.58 Å². The van der Waals surface area contributed by atoms with Crippen molar-refractivity contribution in [3.05, 3.63) is 12.7 Å². The Morgan fingerprint density at radius 3 is 2.62 bits per heavy atom. The van der Waals surface area contributed by atoms with E-state index in [0.29, 0.717) is 25.4 Å². The van der Waals surface area contributed by atoms with Crippen molar-refractivity contribution in [1.29, 1.82) is 0 Å². The van der Waals surface area contributed by atoms with Crippen molar-refractivity contribution in [2.24, 2.45) is 5.92 Å². The summed E-state index contributed by atoms with van der Waals surface area (Å²) in [6, 6.07) is 0. The zero-order chi connectivity index (χ0) is 10.3. The van der Waals surface area contributed by atoms with Gasteiger partial charge in [-0.1, -0.05) is 19.9 Å². The highest BCUT2D eigenvalue weighted by molar-refractivity contribution is 5.76. The number of rotatable bonds is 6. The summed E-state index contributed by atoms with van der Waals surface area (Å²) in [4.78, 5) is 13.1. The molecule has 0 aliphatic heterocycles. The van der Waals surface area contributed by atoms with E-state index in [-0.39, 0.29) is 12.5 Å². The molecule has 0 radical (unpaired) electrons. The maximum atomic E-state index is 11.5. The summed E-state index contributed by atoms with van der Waals surface area (Å²) < 4.78 is 0. The van der Waals surface area contributed by atoms with Crippen molar-refractivity contribution in [2.45, 2.75) is 20.3 Å². The fraction of sp³-hybridized carbons (Fsp3) is 0.700. The molecular formula is C10H19NO2. The molecule has 1 N–H and O–H groups in total. The van der Waals surface area contributed by atoms with Gasteiger partial charge in [0.15, 0.2) is 0 Å². The lowest BCUT2D eigenvalue weighted by atomic mass is 10.1. The quantitative estimate of drug-likeness (QED) is 0.628. The Balaban J connectivity index is 4.02. The van der Waals surface area contributed by atoms with Gasteiger partial charge in [0.1, 0.15) is 0 Å². The van der Waals surface area contributed by atoms with E-state index in [9.17, 15) is 4.79 Å². The molecular weight excluding hydrogens is 166 g/mol. The van der Waals surface area contributed by atoms with Gasteiger partial charge in [-0.2, -0.15) is 0 Å². The minimum Gasteiger partial charge on any atom is -0.395 e. The molecule has 0 aromatic carbocycles. The Morgan fingerprint density at radius 2 is 2.23 bits per heavy atom. The molecule has 1 amide bonds. The van der Waals surface area contributed by atoms with Crippen molar-refractivity contribution in [1.82, 2.24) is 4.90 Å². The van der Waals surface area contributed by atoms with Crippen LogP contribution in [0, 0.1) is 5.92 Å². The number of amides is 1. The van der Waals surface area contributed by atoms with Crippen molar-refractivity contribution >= 4 is 5.91 Å². The lowest BCUT2D eigenvalue weighted by molar-refractivity contribution is -0.131. The van der Waals surface area contributed by atoms with Crippen LogP contribution in [0.2, 0.25) is 0 Å². The standard InChI is InChI=1S/C10H19NO2/c1-4-5-11(6-7-12)10(13)8-9(2)3/h4,9,12H,1,5-8H2,2-3H3. The molecule has 76 valence electrons. The fourth-order valence-corrected chi connectivity index (χ4v) is 1.07. The highest BCUT2D eigenvalue weighted by atomic mass is 16.3. The molecule has 0 fully saturated rings. The summed E-state index contributed by atoms with van der Waals surface area (Å²) in [5, 5.41) is 8.72. The zero-order valence-electron chi connectivity index (χ0n) is 8.49. The summed E-state index contributed by atoms with van der Waals surface area (Å²) in [6.07, 6.45) is 2.21. The van der Waals surface area contributed by atoms with Gasteiger partial charge in [0, 0.05) is 19.5 Å². The Morgan fingerprint density at radius 1 is 1.62 bits per heavy atom. The second-order valence-corrected chi connectivity index (χ2v) is 3.45. The second kappa shape index (κ2) is 6.66. The van der Waals surface area contributed by atoms with Crippen molar-refractivity contribution in [3.8, 4) is 0 Å². The third kappa shape index (κ3) is 5.42. The van der Waals surface area contributed by atoms with Crippen LogP contribution in [0.5, 0.6) is 0 Å².